The molecule has 3 rings (SSSR count). The van der Waals surface area contributed by atoms with E-state index >= 15 is 0 Å². The van der Waals surface area contributed by atoms with E-state index in [1.165, 1.54) is 6.07 Å². The molecule has 0 aliphatic heterocycles. The van der Waals surface area contributed by atoms with Crippen molar-refractivity contribution >= 4 is 5.91 Å². The maximum absolute atomic E-state index is 14.3. The quantitative estimate of drug-likeness (QED) is 0.597. The summed E-state index contributed by atoms with van der Waals surface area (Å²) in [6.07, 6.45) is 0. The van der Waals surface area contributed by atoms with Crippen LogP contribution in [0.25, 0.3) is 11.4 Å². The number of benzene rings is 2. The molecule has 0 spiro atoms. The topological polar surface area (TPSA) is 66.2 Å². The molecule has 2 aromatic carbocycles. The summed E-state index contributed by atoms with van der Waals surface area (Å²) in [6, 6.07) is 13.1. The number of aromatic nitrogens is 3. The number of nitrogens with zero attached hydrogens (tertiary/aromatic N) is 3. The lowest BCUT2D eigenvalue weighted by molar-refractivity contribution is 0.0938. The van der Waals surface area contributed by atoms with Gasteiger partial charge in [-0.2, -0.15) is 9.67 Å². The van der Waals surface area contributed by atoms with Gasteiger partial charge in [0.2, 0.25) is 0 Å². The van der Waals surface area contributed by atoms with Crippen LogP contribution >= 0.6 is 0 Å². The van der Waals surface area contributed by atoms with Crippen molar-refractivity contribution in [3.8, 4) is 17.4 Å². The average molecular weight is 369 g/mol. The Morgan fingerprint density at radius 3 is 2.56 bits per heavy atom. The summed E-state index contributed by atoms with van der Waals surface area (Å²) in [4.78, 5) is 17.1. The molecule has 0 radical (unpaired) electrons. The lowest BCUT2D eigenvalue weighted by atomic mass is 10.1. The van der Waals surface area contributed by atoms with Crippen LogP contribution in [0, 0.1) is 12.7 Å². The Morgan fingerprint density at radius 1 is 1.11 bits per heavy atom. The minimum Gasteiger partial charge on any atom is -0.460 e. The van der Waals surface area contributed by atoms with Crippen LogP contribution in [-0.2, 0) is 4.74 Å². The van der Waals surface area contributed by atoms with Crippen LogP contribution in [0.15, 0.2) is 48.5 Å². The number of ether oxygens (including phenoxy) is 2. The highest BCUT2D eigenvalue weighted by Gasteiger charge is 2.21. The second-order valence-electron chi connectivity index (χ2n) is 5.83. The fourth-order valence-corrected chi connectivity index (χ4v) is 2.47. The Labute approximate surface area is 156 Å². The van der Waals surface area contributed by atoms with Crippen molar-refractivity contribution in [2.45, 2.75) is 13.8 Å². The molecule has 0 unspecified atom stereocenters. The fraction of sp³-hybridized carbons (Fsp3) is 0.250. The first-order valence-electron chi connectivity index (χ1n) is 8.64. The highest BCUT2D eigenvalue weighted by atomic mass is 19.1. The molecular weight excluding hydrogens is 349 g/mol. The van der Waals surface area contributed by atoms with Gasteiger partial charge in [-0.15, -0.1) is 5.10 Å². The van der Waals surface area contributed by atoms with Crippen LogP contribution in [0.3, 0.4) is 0 Å². The maximum Gasteiger partial charge on any atom is 0.336 e. The Kier molecular flexibility index (Phi) is 5.93. The standard InChI is InChI=1S/C20H20FN3O3/c1-3-26-12-13-27-20-22-18(16-6-4-5-7-17(16)21)24(23-20)19(25)15-10-8-14(2)9-11-15/h4-11H,3,12-13H2,1-2H3. The van der Waals surface area contributed by atoms with E-state index in [4.69, 9.17) is 9.47 Å². The van der Waals surface area contributed by atoms with Gasteiger partial charge < -0.3 is 9.47 Å². The van der Waals surface area contributed by atoms with Crippen LogP contribution in [-0.4, -0.2) is 40.5 Å². The smallest absolute Gasteiger partial charge is 0.336 e. The molecule has 140 valence electrons. The maximum atomic E-state index is 14.3. The van der Waals surface area contributed by atoms with Gasteiger partial charge in [-0.3, -0.25) is 4.79 Å². The van der Waals surface area contributed by atoms with Crippen LogP contribution in [0.5, 0.6) is 6.01 Å². The predicted octanol–water partition coefficient (Wildman–Crippen LogP) is 3.50. The molecular formula is C20H20FN3O3. The van der Waals surface area contributed by atoms with Gasteiger partial charge in [-0.25, -0.2) is 4.39 Å². The van der Waals surface area contributed by atoms with Crippen molar-refractivity contribution in [2.24, 2.45) is 0 Å². The summed E-state index contributed by atoms with van der Waals surface area (Å²) in [6.45, 7) is 4.97. The van der Waals surface area contributed by atoms with Crippen molar-refractivity contribution in [1.82, 2.24) is 14.8 Å². The molecule has 0 atom stereocenters. The van der Waals surface area contributed by atoms with E-state index in [9.17, 15) is 9.18 Å². The molecule has 0 aliphatic rings. The van der Waals surface area contributed by atoms with Gasteiger partial charge >= 0.3 is 6.01 Å². The summed E-state index contributed by atoms with van der Waals surface area (Å²) < 4.78 is 26.0. The number of aryl methyl sites for hydroxylation is 1. The predicted molar refractivity (Wildman–Crippen MR) is 98.3 cm³/mol. The largest absolute Gasteiger partial charge is 0.460 e. The van der Waals surface area contributed by atoms with Crippen molar-refractivity contribution in [1.29, 1.82) is 0 Å². The molecule has 0 amide bonds. The zero-order valence-corrected chi connectivity index (χ0v) is 15.2. The van der Waals surface area contributed by atoms with Gasteiger partial charge in [0, 0.05) is 12.2 Å². The van der Waals surface area contributed by atoms with Crippen molar-refractivity contribution in [3.05, 3.63) is 65.5 Å². The summed E-state index contributed by atoms with van der Waals surface area (Å²) in [5.74, 6) is -0.825. The first-order valence-corrected chi connectivity index (χ1v) is 8.64. The molecule has 0 saturated heterocycles. The van der Waals surface area contributed by atoms with Crippen LogP contribution in [0.2, 0.25) is 0 Å². The van der Waals surface area contributed by atoms with E-state index in [-0.39, 0.29) is 24.0 Å². The van der Waals surface area contributed by atoms with Crippen LogP contribution in [0.4, 0.5) is 4.39 Å². The van der Waals surface area contributed by atoms with Gasteiger partial charge in [-0.1, -0.05) is 29.8 Å². The Hall–Kier alpha value is -3.06. The zero-order valence-electron chi connectivity index (χ0n) is 15.2. The summed E-state index contributed by atoms with van der Waals surface area (Å²) in [5.41, 5.74) is 1.62. The number of halogens is 1. The number of carbonyl (C=O) groups is 1. The van der Waals surface area contributed by atoms with Crippen LogP contribution in [0.1, 0.15) is 22.8 Å². The van der Waals surface area contributed by atoms with Gasteiger partial charge in [0.05, 0.1) is 12.2 Å². The normalized spacial score (nSPS) is 10.8. The molecule has 3 aromatic rings. The van der Waals surface area contributed by atoms with E-state index in [0.29, 0.717) is 18.8 Å². The lowest BCUT2D eigenvalue weighted by Gasteiger charge is -2.05. The summed E-state index contributed by atoms with van der Waals surface area (Å²) in [7, 11) is 0. The zero-order chi connectivity index (χ0) is 19.2. The molecule has 0 saturated carbocycles. The van der Waals surface area contributed by atoms with E-state index in [1.807, 2.05) is 26.0 Å². The number of hydrogen-bond donors (Lipinski definition) is 0. The molecule has 0 bridgehead atoms. The highest BCUT2D eigenvalue weighted by molar-refractivity contribution is 5.97. The Balaban J connectivity index is 1.97. The first-order chi connectivity index (χ1) is 13.1. The molecule has 1 heterocycles. The third-order valence-electron chi connectivity index (χ3n) is 3.86. The SMILES string of the molecule is CCOCCOc1nc(-c2ccccc2F)n(C(=O)c2ccc(C)cc2)n1. The van der Waals surface area contributed by atoms with Gasteiger partial charge in [0.1, 0.15) is 12.4 Å². The number of hydrogen-bond acceptors (Lipinski definition) is 5. The van der Waals surface area contributed by atoms with E-state index in [2.05, 4.69) is 10.1 Å². The third kappa shape index (κ3) is 4.38. The average Bonchev–Trinajstić information content (AvgIpc) is 3.09. The number of carbonyl (C=O) groups excluding carboxylic acids is 1. The third-order valence-corrected chi connectivity index (χ3v) is 3.86. The van der Waals surface area contributed by atoms with Gasteiger partial charge in [0.25, 0.3) is 5.91 Å². The molecule has 6 nitrogen and oxygen atoms in total. The molecule has 0 fully saturated rings. The Morgan fingerprint density at radius 2 is 1.85 bits per heavy atom. The van der Waals surface area contributed by atoms with E-state index in [0.717, 1.165) is 10.2 Å². The van der Waals surface area contributed by atoms with Crippen LogP contribution < -0.4 is 4.74 Å². The van der Waals surface area contributed by atoms with Crippen molar-refractivity contribution < 1.29 is 18.7 Å². The molecule has 7 heteroatoms. The van der Waals surface area contributed by atoms with Crippen molar-refractivity contribution in [3.63, 3.8) is 0 Å². The van der Waals surface area contributed by atoms with Gasteiger partial charge in [0.15, 0.2) is 5.82 Å². The van der Waals surface area contributed by atoms with Crippen molar-refractivity contribution in [2.75, 3.05) is 19.8 Å². The second kappa shape index (κ2) is 8.55. The van der Waals surface area contributed by atoms with E-state index in [1.54, 1.807) is 30.3 Å². The molecule has 1 aromatic heterocycles. The lowest BCUT2D eigenvalue weighted by Crippen LogP contribution is -2.16. The summed E-state index contributed by atoms with van der Waals surface area (Å²) >= 11 is 0. The molecule has 0 N–H and O–H groups in total. The fourth-order valence-electron chi connectivity index (χ4n) is 2.47. The minimum absolute atomic E-state index is 0.00609. The van der Waals surface area contributed by atoms with Gasteiger partial charge in [-0.05, 0) is 38.1 Å². The molecule has 0 aliphatic carbocycles. The second-order valence-corrected chi connectivity index (χ2v) is 5.83. The Bertz CT molecular complexity index is 922. The summed E-state index contributed by atoms with van der Waals surface area (Å²) in [5, 5.41) is 4.14. The highest BCUT2D eigenvalue weighted by Crippen LogP contribution is 2.24. The first kappa shape index (κ1) is 18.7. The number of rotatable bonds is 7. The monoisotopic (exact) mass is 369 g/mol. The minimum atomic E-state index is -0.497. The molecule has 27 heavy (non-hydrogen) atoms. The van der Waals surface area contributed by atoms with E-state index < -0.39 is 11.7 Å².